The van der Waals surface area contributed by atoms with Gasteiger partial charge in [0.15, 0.2) is 6.61 Å². The van der Waals surface area contributed by atoms with E-state index < -0.39 is 18.5 Å². The molecule has 0 radical (unpaired) electrons. The Hall–Kier alpha value is -2.74. The van der Waals surface area contributed by atoms with Gasteiger partial charge in [0.2, 0.25) is 0 Å². The van der Waals surface area contributed by atoms with Crippen molar-refractivity contribution in [2.75, 3.05) is 6.61 Å². The molecule has 6 nitrogen and oxygen atoms in total. The summed E-state index contributed by atoms with van der Waals surface area (Å²) in [6.45, 7) is 7.91. The third kappa shape index (κ3) is 5.11. The van der Waals surface area contributed by atoms with E-state index in [2.05, 4.69) is 25.9 Å². The smallest absolute Gasteiger partial charge is 0.348 e. The minimum absolute atomic E-state index is 0.131. The van der Waals surface area contributed by atoms with Gasteiger partial charge in [-0.2, -0.15) is 5.10 Å². The summed E-state index contributed by atoms with van der Waals surface area (Å²) in [5, 5.41) is 5.31. The monoisotopic (exact) mass is 472 g/mol. The Balaban J connectivity index is 1.42. The summed E-state index contributed by atoms with van der Waals surface area (Å²) in [6.07, 6.45) is 2.90. The molecule has 2 aromatic heterocycles. The van der Waals surface area contributed by atoms with Crippen LogP contribution in [0.3, 0.4) is 0 Å². The highest BCUT2D eigenvalue weighted by molar-refractivity contribution is 7.20. The molecule has 4 rings (SSSR count). The van der Waals surface area contributed by atoms with E-state index in [1.165, 1.54) is 23.5 Å². The van der Waals surface area contributed by atoms with Gasteiger partial charge in [-0.3, -0.25) is 0 Å². The highest BCUT2D eigenvalue weighted by Gasteiger charge is 2.33. The standard InChI is InChI=1S/C25H29FN2O4S/c1-14(2)19-10-5-15(3)11-21(19)32-23(29)13-31-25(30)22-12-20-16(4)27-28(24(20)33-22)18-8-6-17(26)7-9-18/h6-9,12,14-15,19,21H,5,10-11,13H2,1-4H3/t15-,19+,21+/m0/s1. The lowest BCUT2D eigenvalue weighted by atomic mass is 9.75. The second-order valence-electron chi connectivity index (χ2n) is 9.23. The van der Waals surface area contributed by atoms with Crippen LogP contribution in [0.15, 0.2) is 30.3 Å². The van der Waals surface area contributed by atoms with Crippen LogP contribution in [-0.2, 0) is 14.3 Å². The molecule has 1 aliphatic rings. The number of nitrogens with zero attached hydrogens (tertiary/aromatic N) is 2. The molecule has 0 bridgehead atoms. The van der Waals surface area contributed by atoms with Gasteiger partial charge in [0.25, 0.3) is 0 Å². The molecule has 0 spiro atoms. The first-order valence-corrected chi connectivity index (χ1v) is 12.2. The highest BCUT2D eigenvalue weighted by atomic mass is 32.1. The molecule has 1 aliphatic carbocycles. The van der Waals surface area contributed by atoms with Gasteiger partial charge in [0.1, 0.15) is 21.6 Å². The summed E-state index contributed by atoms with van der Waals surface area (Å²) >= 11 is 1.22. The van der Waals surface area contributed by atoms with Gasteiger partial charge < -0.3 is 9.47 Å². The molecular formula is C25H29FN2O4S. The average molecular weight is 473 g/mol. The van der Waals surface area contributed by atoms with Crippen LogP contribution < -0.4 is 0 Å². The lowest BCUT2D eigenvalue weighted by molar-refractivity contribution is -0.159. The van der Waals surface area contributed by atoms with E-state index in [4.69, 9.17) is 9.47 Å². The zero-order valence-electron chi connectivity index (χ0n) is 19.3. The number of benzene rings is 1. The van der Waals surface area contributed by atoms with Crippen molar-refractivity contribution in [3.8, 4) is 5.69 Å². The first-order valence-electron chi connectivity index (χ1n) is 11.3. The Bertz CT molecular complexity index is 1150. The molecule has 176 valence electrons. The third-order valence-electron chi connectivity index (χ3n) is 6.38. The van der Waals surface area contributed by atoms with E-state index in [1.54, 1.807) is 22.9 Å². The largest absolute Gasteiger partial charge is 0.460 e. The number of aromatic nitrogens is 2. The molecule has 1 saturated carbocycles. The zero-order valence-corrected chi connectivity index (χ0v) is 20.2. The van der Waals surface area contributed by atoms with Gasteiger partial charge >= 0.3 is 11.9 Å². The molecule has 1 fully saturated rings. The SMILES string of the molecule is Cc1nn(-c2ccc(F)cc2)c2sc(C(=O)OCC(=O)O[C@@H]3C[C@@H](C)CC[C@@H]3C(C)C)cc12. The average Bonchev–Trinajstić information content (AvgIpc) is 3.33. The number of rotatable bonds is 6. The summed E-state index contributed by atoms with van der Waals surface area (Å²) in [4.78, 5) is 26.2. The Morgan fingerprint density at radius 1 is 1.24 bits per heavy atom. The summed E-state index contributed by atoms with van der Waals surface area (Å²) in [7, 11) is 0. The first-order chi connectivity index (χ1) is 15.7. The number of hydrogen-bond donors (Lipinski definition) is 0. The van der Waals surface area contributed by atoms with Crippen molar-refractivity contribution in [2.45, 2.75) is 53.1 Å². The fourth-order valence-corrected chi connectivity index (χ4v) is 5.63. The van der Waals surface area contributed by atoms with Crippen molar-refractivity contribution in [2.24, 2.45) is 17.8 Å². The molecule has 3 aromatic rings. The predicted octanol–water partition coefficient (Wildman–Crippen LogP) is 5.70. The van der Waals surface area contributed by atoms with Gasteiger partial charge in [-0.1, -0.05) is 27.2 Å². The maximum absolute atomic E-state index is 13.3. The van der Waals surface area contributed by atoms with E-state index in [9.17, 15) is 14.0 Å². The van der Waals surface area contributed by atoms with Crippen molar-refractivity contribution < 1.29 is 23.5 Å². The van der Waals surface area contributed by atoms with Crippen molar-refractivity contribution in [3.05, 3.63) is 46.7 Å². The molecule has 0 unspecified atom stereocenters. The second-order valence-corrected chi connectivity index (χ2v) is 10.3. The summed E-state index contributed by atoms with van der Waals surface area (Å²) in [6, 6.07) is 7.71. The van der Waals surface area contributed by atoms with Crippen LogP contribution in [0, 0.1) is 30.5 Å². The van der Waals surface area contributed by atoms with Crippen molar-refractivity contribution >= 4 is 33.5 Å². The number of esters is 2. The van der Waals surface area contributed by atoms with Crippen LogP contribution in [-0.4, -0.2) is 34.4 Å². The number of aryl methyl sites for hydroxylation is 1. The number of halogens is 1. The Morgan fingerprint density at radius 3 is 2.67 bits per heavy atom. The van der Waals surface area contributed by atoms with Crippen LogP contribution in [0.5, 0.6) is 0 Å². The molecule has 8 heteroatoms. The number of hydrogen-bond acceptors (Lipinski definition) is 6. The summed E-state index contributed by atoms with van der Waals surface area (Å²) in [5.74, 6) is -0.133. The van der Waals surface area contributed by atoms with Crippen LogP contribution >= 0.6 is 11.3 Å². The molecule has 0 amide bonds. The first kappa shape index (κ1) is 23.4. The van der Waals surface area contributed by atoms with E-state index in [0.29, 0.717) is 28.3 Å². The fourth-order valence-electron chi connectivity index (χ4n) is 4.55. The van der Waals surface area contributed by atoms with Gasteiger partial charge in [-0.25, -0.2) is 18.7 Å². The number of carbonyl (C=O) groups excluding carboxylic acids is 2. The van der Waals surface area contributed by atoms with Crippen LogP contribution in [0.1, 0.15) is 55.4 Å². The number of carbonyl (C=O) groups is 2. The van der Waals surface area contributed by atoms with Crippen molar-refractivity contribution in [1.82, 2.24) is 9.78 Å². The Labute approximate surface area is 196 Å². The molecule has 0 N–H and O–H groups in total. The minimum Gasteiger partial charge on any atom is -0.460 e. The van der Waals surface area contributed by atoms with E-state index in [1.807, 2.05) is 6.92 Å². The third-order valence-corrected chi connectivity index (χ3v) is 7.47. The zero-order chi connectivity index (χ0) is 23.7. The molecular weight excluding hydrogens is 443 g/mol. The molecule has 2 heterocycles. The van der Waals surface area contributed by atoms with E-state index >= 15 is 0 Å². The molecule has 1 aromatic carbocycles. The van der Waals surface area contributed by atoms with Gasteiger partial charge in [-0.15, -0.1) is 11.3 Å². The second kappa shape index (κ2) is 9.63. The predicted molar refractivity (Wildman–Crippen MR) is 125 cm³/mol. The Kier molecular flexibility index (Phi) is 6.83. The molecule has 3 atom stereocenters. The van der Waals surface area contributed by atoms with Gasteiger partial charge in [0, 0.05) is 5.39 Å². The van der Waals surface area contributed by atoms with Gasteiger partial charge in [-0.05, 0) is 67.9 Å². The van der Waals surface area contributed by atoms with Crippen LogP contribution in [0.25, 0.3) is 15.9 Å². The summed E-state index contributed by atoms with van der Waals surface area (Å²) in [5.41, 5.74) is 1.44. The Morgan fingerprint density at radius 2 is 1.97 bits per heavy atom. The number of thiophene rings is 1. The number of fused-ring (bicyclic) bond motifs is 1. The maximum atomic E-state index is 13.3. The van der Waals surface area contributed by atoms with E-state index in [-0.39, 0.29) is 11.9 Å². The van der Waals surface area contributed by atoms with Crippen molar-refractivity contribution in [1.29, 1.82) is 0 Å². The molecule has 0 aliphatic heterocycles. The van der Waals surface area contributed by atoms with Crippen LogP contribution in [0.2, 0.25) is 0 Å². The minimum atomic E-state index is -0.573. The molecule has 0 saturated heterocycles. The summed E-state index contributed by atoms with van der Waals surface area (Å²) < 4.78 is 25.9. The fraction of sp³-hybridized carbons (Fsp3) is 0.480. The molecule has 33 heavy (non-hydrogen) atoms. The lowest BCUT2D eigenvalue weighted by Crippen LogP contribution is -2.36. The van der Waals surface area contributed by atoms with Crippen molar-refractivity contribution in [3.63, 3.8) is 0 Å². The topological polar surface area (TPSA) is 70.4 Å². The van der Waals surface area contributed by atoms with Gasteiger partial charge in [0.05, 0.1) is 11.4 Å². The van der Waals surface area contributed by atoms with E-state index in [0.717, 1.165) is 35.2 Å². The quantitative estimate of drug-likeness (QED) is 0.431. The highest BCUT2D eigenvalue weighted by Crippen LogP contribution is 2.35. The number of ether oxygens (including phenoxy) is 2. The lowest BCUT2D eigenvalue weighted by Gasteiger charge is -2.36. The maximum Gasteiger partial charge on any atom is 0.348 e. The van der Waals surface area contributed by atoms with Crippen LogP contribution in [0.4, 0.5) is 4.39 Å². The normalized spacial score (nSPS) is 20.8.